The van der Waals surface area contributed by atoms with Gasteiger partial charge in [-0.1, -0.05) is 25.1 Å². The van der Waals surface area contributed by atoms with Crippen molar-refractivity contribution in [3.63, 3.8) is 0 Å². The van der Waals surface area contributed by atoms with Crippen LogP contribution in [0.1, 0.15) is 31.7 Å². The number of nitrogens with one attached hydrogen (secondary N) is 1. The van der Waals surface area contributed by atoms with Gasteiger partial charge in [-0.25, -0.2) is 12.7 Å². The summed E-state index contributed by atoms with van der Waals surface area (Å²) in [6.07, 6.45) is 2.99. The zero-order valence-electron chi connectivity index (χ0n) is 14.8. The molecule has 0 saturated carbocycles. The summed E-state index contributed by atoms with van der Waals surface area (Å²) < 4.78 is 25.8. The molecule has 25 heavy (non-hydrogen) atoms. The summed E-state index contributed by atoms with van der Waals surface area (Å²) in [6.45, 7) is 4.12. The molecule has 1 fully saturated rings. The Hall–Kier alpha value is -1.60. The van der Waals surface area contributed by atoms with Gasteiger partial charge in [-0.2, -0.15) is 0 Å². The number of rotatable bonds is 6. The van der Waals surface area contributed by atoms with Crippen molar-refractivity contribution < 1.29 is 13.2 Å². The Morgan fingerprint density at radius 2 is 1.92 bits per heavy atom. The van der Waals surface area contributed by atoms with Crippen LogP contribution >= 0.6 is 0 Å². The molecule has 3 rings (SSSR count). The van der Waals surface area contributed by atoms with Gasteiger partial charge < -0.3 is 10.2 Å². The van der Waals surface area contributed by atoms with E-state index in [0.717, 1.165) is 18.7 Å². The van der Waals surface area contributed by atoms with Crippen molar-refractivity contribution >= 4 is 21.6 Å². The number of hydrogen-bond acceptors (Lipinski definition) is 4. The number of para-hydroxylation sites is 1. The smallest absolute Gasteiger partial charge is 0.239 e. The number of carbonyl (C=O) groups is 1. The zero-order valence-corrected chi connectivity index (χ0v) is 15.6. The average molecular weight is 365 g/mol. The molecule has 138 valence electrons. The van der Waals surface area contributed by atoms with Crippen LogP contribution < -0.4 is 10.2 Å². The molecule has 1 N–H and O–H groups in total. The van der Waals surface area contributed by atoms with Gasteiger partial charge in [0.05, 0.1) is 12.3 Å². The Morgan fingerprint density at radius 1 is 1.20 bits per heavy atom. The van der Waals surface area contributed by atoms with Crippen LogP contribution in [0.5, 0.6) is 0 Å². The van der Waals surface area contributed by atoms with E-state index in [0.29, 0.717) is 38.9 Å². The number of hydrogen-bond donors (Lipinski definition) is 1. The molecule has 0 spiro atoms. The topological polar surface area (TPSA) is 69.7 Å². The molecule has 0 unspecified atom stereocenters. The van der Waals surface area contributed by atoms with Gasteiger partial charge >= 0.3 is 0 Å². The first-order valence-electron chi connectivity index (χ1n) is 9.09. The van der Waals surface area contributed by atoms with E-state index in [1.165, 1.54) is 5.56 Å². The minimum Gasteiger partial charge on any atom is -0.362 e. The molecule has 0 bridgehead atoms. The van der Waals surface area contributed by atoms with Crippen molar-refractivity contribution in [3.05, 3.63) is 29.8 Å². The summed E-state index contributed by atoms with van der Waals surface area (Å²) in [5, 5.41) is 3.08. The quantitative estimate of drug-likeness (QED) is 0.827. The maximum atomic E-state index is 12.4. The Balaban J connectivity index is 1.47. The average Bonchev–Trinajstić information content (AvgIpc) is 2.98. The van der Waals surface area contributed by atoms with Gasteiger partial charge in [0.1, 0.15) is 0 Å². The van der Waals surface area contributed by atoms with Crippen LogP contribution in [0, 0.1) is 0 Å². The standard InChI is InChI=1S/C18H27N3O3S/c1-2-13-25(23,24)21-11-8-16(9-12-21)19-18(22)14-20-10-7-15-5-3-4-6-17(15)20/h3-6,16H,2,7-14H2,1H3,(H,19,22). The van der Waals surface area contributed by atoms with Gasteiger partial charge in [-0.15, -0.1) is 0 Å². The van der Waals surface area contributed by atoms with Crippen LogP contribution in [0.4, 0.5) is 5.69 Å². The van der Waals surface area contributed by atoms with Crippen molar-refractivity contribution in [3.8, 4) is 0 Å². The van der Waals surface area contributed by atoms with Crippen LogP contribution in [0.15, 0.2) is 24.3 Å². The third-order valence-corrected chi connectivity index (χ3v) is 7.07. The second kappa shape index (κ2) is 7.74. The molecule has 2 aliphatic rings. The summed E-state index contributed by atoms with van der Waals surface area (Å²) in [5.74, 6) is 0.227. The summed E-state index contributed by atoms with van der Waals surface area (Å²) >= 11 is 0. The number of amides is 1. The Kier molecular flexibility index (Phi) is 5.64. The van der Waals surface area contributed by atoms with Gasteiger partial charge in [0, 0.05) is 31.4 Å². The lowest BCUT2D eigenvalue weighted by atomic mass is 10.1. The number of carbonyl (C=O) groups excluding carboxylic acids is 1. The molecule has 2 aliphatic heterocycles. The SMILES string of the molecule is CCCS(=O)(=O)N1CCC(NC(=O)CN2CCc3ccccc32)CC1. The number of benzene rings is 1. The fourth-order valence-corrected chi connectivity index (χ4v) is 5.22. The molecule has 1 saturated heterocycles. The van der Waals surface area contributed by atoms with Gasteiger partial charge in [-0.05, 0) is 37.3 Å². The predicted octanol–water partition coefficient (Wildman–Crippen LogP) is 1.37. The molecule has 1 aromatic rings. The molecule has 2 heterocycles. The first kappa shape index (κ1) is 18.2. The highest BCUT2D eigenvalue weighted by atomic mass is 32.2. The highest BCUT2D eigenvalue weighted by molar-refractivity contribution is 7.89. The number of anilines is 1. The van der Waals surface area contributed by atoms with Crippen LogP contribution in [0.2, 0.25) is 0 Å². The van der Waals surface area contributed by atoms with Crippen LogP contribution in [0.3, 0.4) is 0 Å². The van der Waals surface area contributed by atoms with Crippen molar-refractivity contribution in [1.82, 2.24) is 9.62 Å². The Morgan fingerprint density at radius 3 is 2.64 bits per heavy atom. The lowest BCUT2D eigenvalue weighted by molar-refractivity contribution is -0.120. The van der Waals surface area contributed by atoms with E-state index in [9.17, 15) is 13.2 Å². The fraction of sp³-hybridized carbons (Fsp3) is 0.611. The monoisotopic (exact) mass is 365 g/mol. The normalized spacial score (nSPS) is 19.0. The van der Waals surface area contributed by atoms with Gasteiger partial charge in [0.2, 0.25) is 15.9 Å². The zero-order chi connectivity index (χ0) is 17.9. The summed E-state index contributed by atoms with van der Waals surface area (Å²) in [7, 11) is -3.12. The third-order valence-electron chi connectivity index (χ3n) is 4.99. The number of fused-ring (bicyclic) bond motifs is 1. The predicted molar refractivity (Wildman–Crippen MR) is 99.2 cm³/mol. The first-order valence-corrected chi connectivity index (χ1v) is 10.7. The van der Waals surface area contributed by atoms with Gasteiger partial charge in [0.15, 0.2) is 0 Å². The molecular formula is C18H27N3O3S. The maximum absolute atomic E-state index is 12.4. The number of piperidine rings is 1. The largest absolute Gasteiger partial charge is 0.362 e. The molecule has 1 amide bonds. The molecule has 6 nitrogen and oxygen atoms in total. The third kappa shape index (κ3) is 4.33. The van der Waals surface area contributed by atoms with Crippen LogP contribution in [0.25, 0.3) is 0 Å². The molecule has 0 aliphatic carbocycles. The Bertz CT molecular complexity index is 712. The van der Waals surface area contributed by atoms with Crippen molar-refractivity contribution in [2.45, 2.75) is 38.6 Å². The molecule has 7 heteroatoms. The number of sulfonamides is 1. The minimum absolute atomic E-state index is 0.0200. The lowest BCUT2D eigenvalue weighted by Crippen LogP contribution is -2.49. The molecule has 0 atom stereocenters. The van der Waals surface area contributed by atoms with E-state index in [4.69, 9.17) is 0 Å². The van der Waals surface area contributed by atoms with E-state index in [1.807, 2.05) is 19.1 Å². The maximum Gasteiger partial charge on any atom is 0.239 e. The summed E-state index contributed by atoms with van der Waals surface area (Å²) in [6, 6.07) is 8.27. The van der Waals surface area contributed by atoms with E-state index < -0.39 is 10.0 Å². The molecule has 1 aromatic carbocycles. The van der Waals surface area contributed by atoms with E-state index in [1.54, 1.807) is 4.31 Å². The Labute approximate surface area is 150 Å². The first-order chi connectivity index (χ1) is 12.0. The van der Waals surface area contributed by atoms with E-state index in [-0.39, 0.29) is 17.7 Å². The lowest BCUT2D eigenvalue weighted by Gasteiger charge is -2.32. The fourth-order valence-electron chi connectivity index (χ4n) is 3.68. The summed E-state index contributed by atoms with van der Waals surface area (Å²) in [4.78, 5) is 14.5. The van der Waals surface area contributed by atoms with Gasteiger partial charge in [0.25, 0.3) is 0 Å². The second-order valence-electron chi connectivity index (χ2n) is 6.86. The summed E-state index contributed by atoms with van der Waals surface area (Å²) in [5.41, 5.74) is 2.45. The minimum atomic E-state index is -3.12. The van der Waals surface area contributed by atoms with E-state index >= 15 is 0 Å². The van der Waals surface area contributed by atoms with Crippen molar-refractivity contribution in [1.29, 1.82) is 0 Å². The molecule has 0 radical (unpaired) electrons. The molecular weight excluding hydrogens is 338 g/mol. The second-order valence-corrected chi connectivity index (χ2v) is 8.95. The van der Waals surface area contributed by atoms with Crippen molar-refractivity contribution in [2.75, 3.05) is 36.8 Å². The van der Waals surface area contributed by atoms with Crippen molar-refractivity contribution in [2.24, 2.45) is 0 Å². The van der Waals surface area contributed by atoms with E-state index in [2.05, 4.69) is 22.3 Å². The molecule has 0 aromatic heterocycles. The van der Waals surface area contributed by atoms with Crippen LogP contribution in [-0.4, -0.2) is 56.6 Å². The number of nitrogens with zero attached hydrogens (tertiary/aromatic N) is 2. The highest BCUT2D eigenvalue weighted by Crippen LogP contribution is 2.26. The van der Waals surface area contributed by atoms with Crippen LogP contribution in [-0.2, 0) is 21.2 Å². The van der Waals surface area contributed by atoms with Gasteiger partial charge in [-0.3, -0.25) is 4.79 Å². The highest BCUT2D eigenvalue weighted by Gasteiger charge is 2.28.